The molecule has 1 aromatic heterocycles. The summed E-state index contributed by atoms with van der Waals surface area (Å²) in [6, 6.07) is 0. The van der Waals surface area contributed by atoms with Gasteiger partial charge >= 0.3 is 0 Å². The molecule has 112 valence electrons. The Kier molecular flexibility index (Phi) is 5.59. The Bertz CT molecular complexity index is 424. The molecule has 0 spiro atoms. The second-order valence-corrected chi connectivity index (χ2v) is 5.31. The first-order valence-corrected chi connectivity index (χ1v) is 7.68. The van der Waals surface area contributed by atoms with Crippen molar-refractivity contribution >= 4 is 11.8 Å². The van der Waals surface area contributed by atoms with Crippen LogP contribution in [-0.4, -0.2) is 42.3 Å². The van der Waals surface area contributed by atoms with Crippen molar-refractivity contribution in [1.29, 1.82) is 0 Å². The molecule has 5 heteroatoms. The molecular weight excluding hydrogens is 252 g/mol. The summed E-state index contributed by atoms with van der Waals surface area (Å²) >= 11 is 0. The third-order valence-electron chi connectivity index (χ3n) is 3.52. The standard InChI is InChI=1S/C15H26N4O/c1-4-9-20-13-7-6-8-19(11-13)14-12(3)10-17-15(18-14)16-5-2/h10,13H,4-9,11H2,1-3H3,(H,16,17,18). The molecule has 0 radical (unpaired) electrons. The van der Waals surface area contributed by atoms with E-state index in [9.17, 15) is 0 Å². The van der Waals surface area contributed by atoms with E-state index in [2.05, 4.69) is 41.0 Å². The molecule has 1 unspecified atom stereocenters. The lowest BCUT2D eigenvalue weighted by atomic mass is 10.1. The first kappa shape index (κ1) is 15.0. The minimum Gasteiger partial charge on any atom is -0.376 e. The van der Waals surface area contributed by atoms with Crippen molar-refractivity contribution in [2.45, 2.75) is 46.1 Å². The van der Waals surface area contributed by atoms with Gasteiger partial charge in [0.1, 0.15) is 5.82 Å². The minimum absolute atomic E-state index is 0.334. The lowest BCUT2D eigenvalue weighted by Crippen LogP contribution is -2.40. The van der Waals surface area contributed by atoms with E-state index in [1.807, 2.05) is 6.20 Å². The van der Waals surface area contributed by atoms with Gasteiger partial charge in [0, 0.05) is 38.0 Å². The number of nitrogens with zero attached hydrogens (tertiary/aromatic N) is 3. The number of hydrogen-bond acceptors (Lipinski definition) is 5. The fourth-order valence-electron chi connectivity index (χ4n) is 2.55. The first-order chi connectivity index (χ1) is 9.74. The van der Waals surface area contributed by atoms with Crippen LogP contribution in [0.4, 0.5) is 11.8 Å². The number of aryl methyl sites for hydroxylation is 1. The molecule has 0 bridgehead atoms. The molecule has 0 amide bonds. The number of hydrogen-bond donors (Lipinski definition) is 1. The molecule has 5 nitrogen and oxygen atoms in total. The van der Waals surface area contributed by atoms with Gasteiger partial charge in [-0.05, 0) is 33.1 Å². The van der Waals surface area contributed by atoms with Gasteiger partial charge in [0.25, 0.3) is 0 Å². The summed E-state index contributed by atoms with van der Waals surface area (Å²) in [7, 11) is 0. The predicted molar refractivity (Wildman–Crippen MR) is 82.4 cm³/mol. The summed E-state index contributed by atoms with van der Waals surface area (Å²) in [5.41, 5.74) is 1.13. The molecule has 0 aliphatic carbocycles. The molecule has 2 rings (SSSR count). The monoisotopic (exact) mass is 278 g/mol. The Morgan fingerprint density at radius 2 is 2.30 bits per heavy atom. The molecule has 0 saturated carbocycles. The lowest BCUT2D eigenvalue weighted by Gasteiger charge is -2.34. The maximum atomic E-state index is 5.90. The van der Waals surface area contributed by atoms with Gasteiger partial charge < -0.3 is 15.0 Å². The number of rotatable bonds is 6. The van der Waals surface area contributed by atoms with E-state index < -0.39 is 0 Å². The summed E-state index contributed by atoms with van der Waals surface area (Å²) in [6.07, 6.45) is 5.63. The fraction of sp³-hybridized carbons (Fsp3) is 0.733. The third kappa shape index (κ3) is 3.82. The Hall–Kier alpha value is -1.36. The van der Waals surface area contributed by atoms with E-state index >= 15 is 0 Å². The topological polar surface area (TPSA) is 50.3 Å². The summed E-state index contributed by atoms with van der Waals surface area (Å²) < 4.78 is 5.90. The Balaban J connectivity index is 2.07. The van der Waals surface area contributed by atoms with Gasteiger partial charge in [-0.15, -0.1) is 0 Å². The number of anilines is 2. The van der Waals surface area contributed by atoms with Crippen LogP contribution in [0, 0.1) is 6.92 Å². The number of aromatic nitrogens is 2. The van der Waals surface area contributed by atoms with Crippen LogP contribution >= 0.6 is 0 Å². The van der Waals surface area contributed by atoms with E-state index in [1.165, 1.54) is 0 Å². The highest BCUT2D eigenvalue weighted by molar-refractivity contribution is 5.49. The van der Waals surface area contributed by atoms with Crippen LogP contribution in [0.5, 0.6) is 0 Å². The van der Waals surface area contributed by atoms with Gasteiger partial charge in [-0.3, -0.25) is 0 Å². The second kappa shape index (κ2) is 7.43. The second-order valence-electron chi connectivity index (χ2n) is 5.31. The van der Waals surface area contributed by atoms with Crippen molar-refractivity contribution < 1.29 is 4.74 Å². The third-order valence-corrected chi connectivity index (χ3v) is 3.52. The van der Waals surface area contributed by atoms with Crippen molar-refractivity contribution in [3.05, 3.63) is 11.8 Å². The maximum absolute atomic E-state index is 5.90. The average Bonchev–Trinajstić information content (AvgIpc) is 2.47. The molecule has 2 heterocycles. The van der Waals surface area contributed by atoms with Crippen LogP contribution in [0.25, 0.3) is 0 Å². The number of nitrogens with one attached hydrogen (secondary N) is 1. The molecule has 1 aliphatic heterocycles. The zero-order valence-corrected chi connectivity index (χ0v) is 12.9. The predicted octanol–water partition coefficient (Wildman–Crippen LogP) is 2.61. The molecule has 0 aromatic carbocycles. The lowest BCUT2D eigenvalue weighted by molar-refractivity contribution is 0.0439. The van der Waals surface area contributed by atoms with Crippen LogP contribution in [0.1, 0.15) is 38.7 Å². The molecular formula is C15H26N4O. The van der Waals surface area contributed by atoms with Crippen molar-refractivity contribution in [1.82, 2.24) is 9.97 Å². The SMILES string of the molecule is CCCOC1CCCN(c2nc(NCC)ncc2C)C1. The summed E-state index contributed by atoms with van der Waals surface area (Å²) in [6.45, 7) is 9.95. The van der Waals surface area contributed by atoms with Gasteiger partial charge in [-0.2, -0.15) is 4.98 Å². The van der Waals surface area contributed by atoms with Crippen LogP contribution in [0.3, 0.4) is 0 Å². The number of ether oxygens (including phenoxy) is 1. The first-order valence-electron chi connectivity index (χ1n) is 7.68. The van der Waals surface area contributed by atoms with Gasteiger partial charge in [-0.1, -0.05) is 6.92 Å². The Labute approximate surface area is 121 Å². The van der Waals surface area contributed by atoms with E-state index in [4.69, 9.17) is 4.74 Å². The van der Waals surface area contributed by atoms with Crippen LogP contribution in [0.2, 0.25) is 0 Å². The van der Waals surface area contributed by atoms with E-state index in [0.29, 0.717) is 12.1 Å². The molecule has 1 aromatic rings. The fourth-order valence-corrected chi connectivity index (χ4v) is 2.55. The summed E-state index contributed by atoms with van der Waals surface area (Å²) in [4.78, 5) is 11.3. The van der Waals surface area contributed by atoms with Gasteiger partial charge in [0.05, 0.1) is 6.10 Å². The zero-order valence-electron chi connectivity index (χ0n) is 12.9. The zero-order chi connectivity index (χ0) is 14.4. The van der Waals surface area contributed by atoms with E-state index in [0.717, 1.165) is 56.9 Å². The molecule has 1 saturated heterocycles. The van der Waals surface area contributed by atoms with Crippen molar-refractivity contribution in [2.24, 2.45) is 0 Å². The quantitative estimate of drug-likeness (QED) is 0.867. The van der Waals surface area contributed by atoms with Crippen LogP contribution < -0.4 is 10.2 Å². The van der Waals surface area contributed by atoms with Crippen molar-refractivity contribution in [2.75, 3.05) is 36.5 Å². The van der Waals surface area contributed by atoms with Gasteiger partial charge in [-0.25, -0.2) is 4.98 Å². The number of piperidine rings is 1. The van der Waals surface area contributed by atoms with Crippen molar-refractivity contribution in [3.8, 4) is 0 Å². The molecule has 1 fully saturated rings. The highest BCUT2D eigenvalue weighted by Crippen LogP contribution is 2.23. The minimum atomic E-state index is 0.334. The van der Waals surface area contributed by atoms with Crippen LogP contribution in [-0.2, 0) is 4.74 Å². The molecule has 20 heavy (non-hydrogen) atoms. The summed E-state index contributed by atoms with van der Waals surface area (Å²) in [5, 5.41) is 3.18. The molecule has 1 aliphatic rings. The van der Waals surface area contributed by atoms with Gasteiger partial charge in [0.15, 0.2) is 0 Å². The van der Waals surface area contributed by atoms with E-state index in [1.54, 1.807) is 0 Å². The van der Waals surface area contributed by atoms with Gasteiger partial charge in [0.2, 0.25) is 5.95 Å². The smallest absolute Gasteiger partial charge is 0.224 e. The summed E-state index contributed by atoms with van der Waals surface area (Å²) in [5.74, 6) is 1.76. The molecule has 1 N–H and O–H groups in total. The highest BCUT2D eigenvalue weighted by Gasteiger charge is 2.22. The maximum Gasteiger partial charge on any atom is 0.224 e. The normalized spacial score (nSPS) is 19.1. The largest absolute Gasteiger partial charge is 0.376 e. The molecule has 1 atom stereocenters. The Morgan fingerprint density at radius 1 is 1.45 bits per heavy atom. The van der Waals surface area contributed by atoms with Crippen molar-refractivity contribution in [3.63, 3.8) is 0 Å². The Morgan fingerprint density at radius 3 is 3.05 bits per heavy atom. The van der Waals surface area contributed by atoms with Crippen LogP contribution in [0.15, 0.2) is 6.20 Å². The average molecular weight is 278 g/mol. The highest BCUT2D eigenvalue weighted by atomic mass is 16.5. The van der Waals surface area contributed by atoms with E-state index in [-0.39, 0.29) is 0 Å².